The average Bonchev–Trinajstić information content (AvgIpc) is 3.32. The minimum Gasteiger partial charge on any atom is -0.465 e. The van der Waals surface area contributed by atoms with Crippen molar-refractivity contribution in [2.24, 2.45) is 0 Å². The molecule has 1 saturated heterocycles. The molecule has 3 aromatic rings. The van der Waals surface area contributed by atoms with E-state index in [0.29, 0.717) is 34.5 Å². The maximum absolute atomic E-state index is 13.4. The summed E-state index contributed by atoms with van der Waals surface area (Å²) >= 11 is 0. The average molecular weight is 552 g/mol. The highest BCUT2D eigenvalue weighted by atomic mass is 16.5. The van der Waals surface area contributed by atoms with E-state index in [2.05, 4.69) is 33.5 Å². The van der Waals surface area contributed by atoms with E-state index < -0.39 is 5.97 Å². The summed E-state index contributed by atoms with van der Waals surface area (Å²) in [6.07, 6.45) is 0.634. The fourth-order valence-corrected chi connectivity index (χ4v) is 5.90. The van der Waals surface area contributed by atoms with Gasteiger partial charge in [-0.15, -0.1) is 0 Å². The van der Waals surface area contributed by atoms with Crippen LogP contribution in [0.4, 0.5) is 17.1 Å². The van der Waals surface area contributed by atoms with Crippen molar-refractivity contribution in [2.75, 3.05) is 62.9 Å². The molecule has 41 heavy (non-hydrogen) atoms. The predicted molar refractivity (Wildman–Crippen MR) is 160 cm³/mol. The molecule has 0 aliphatic carbocycles. The van der Waals surface area contributed by atoms with Crippen molar-refractivity contribution >= 4 is 46.1 Å². The summed E-state index contributed by atoms with van der Waals surface area (Å²) in [5.41, 5.74) is 6.43. The summed E-state index contributed by atoms with van der Waals surface area (Å²) in [5.74, 6) is -0.597. The molecule has 9 heteroatoms. The quantitative estimate of drug-likeness (QED) is 0.370. The molecule has 210 valence electrons. The Hall–Kier alpha value is -4.47. The van der Waals surface area contributed by atoms with Crippen LogP contribution in [0.1, 0.15) is 27.0 Å². The third-order valence-corrected chi connectivity index (χ3v) is 8.22. The van der Waals surface area contributed by atoms with Gasteiger partial charge in [-0.05, 0) is 54.9 Å². The van der Waals surface area contributed by atoms with Crippen LogP contribution < -0.4 is 15.5 Å². The fourth-order valence-electron chi connectivity index (χ4n) is 5.90. The lowest BCUT2D eigenvalue weighted by atomic mass is 9.95. The number of methoxy groups -OCH3 is 1. The molecule has 2 N–H and O–H groups in total. The maximum Gasteiger partial charge on any atom is 0.337 e. The number of esters is 1. The monoisotopic (exact) mass is 551 g/mol. The van der Waals surface area contributed by atoms with Crippen LogP contribution in [0, 0.1) is 0 Å². The molecule has 0 radical (unpaired) electrons. The summed E-state index contributed by atoms with van der Waals surface area (Å²) in [4.78, 5) is 45.1. The Balaban J connectivity index is 1.38. The highest BCUT2D eigenvalue weighted by molar-refractivity contribution is 6.37. The van der Waals surface area contributed by atoms with Gasteiger partial charge in [0.2, 0.25) is 5.91 Å². The summed E-state index contributed by atoms with van der Waals surface area (Å²) in [6, 6.07) is 20.6. The van der Waals surface area contributed by atoms with Crippen molar-refractivity contribution in [1.82, 2.24) is 9.80 Å². The summed E-state index contributed by atoms with van der Waals surface area (Å²) in [7, 11) is 5.28. The number of benzene rings is 3. The summed E-state index contributed by atoms with van der Waals surface area (Å²) in [5, 5.41) is 6.45. The smallest absolute Gasteiger partial charge is 0.337 e. The van der Waals surface area contributed by atoms with E-state index in [-0.39, 0.29) is 17.9 Å². The first kappa shape index (κ1) is 26.7. The van der Waals surface area contributed by atoms with Crippen molar-refractivity contribution in [3.8, 4) is 0 Å². The van der Waals surface area contributed by atoms with E-state index in [9.17, 15) is 14.4 Å². The normalized spacial score (nSPS) is 20.3. The van der Waals surface area contributed by atoms with E-state index in [1.807, 2.05) is 49.5 Å². The minimum atomic E-state index is -0.465. The number of hydrogen-bond donors (Lipinski definition) is 2. The Morgan fingerprint density at radius 1 is 0.927 bits per heavy atom. The third-order valence-electron chi connectivity index (χ3n) is 8.22. The fraction of sp³-hybridized carbons (Fsp3) is 0.281. The number of hydrogen-bond acceptors (Lipinski definition) is 7. The van der Waals surface area contributed by atoms with Crippen LogP contribution in [-0.2, 0) is 20.7 Å². The van der Waals surface area contributed by atoms with Gasteiger partial charge < -0.3 is 25.2 Å². The number of nitrogens with one attached hydrogen (secondary N) is 2. The van der Waals surface area contributed by atoms with Crippen molar-refractivity contribution < 1.29 is 19.1 Å². The van der Waals surface area contributed by atoms with Gasteiger partial charge in [0.05, 0.1) is 35.7 Å². The molecule has 6 rings (SSSR count). The lowest BCUT2D eigenvalue weighted by molar-refractivity contribution is -0.124. The highest BCUT2D eigenvalue weighted by Crippen LogP contribution is 2.39. The first-order valence-corrected chi connectivity index (χ1v) is 13.8. The number of anilines is 3. The lowest BCUT2D eigenvalue weighted by Crippen LogP contribution is -2.57. The van der Waals surface area contributed by atoms with E-state index in [0.717, 1.165) is 48.7 Å². The van der Waals surface area contributed by atoms with Gasteiger partial charge in [0.1, 0.15) is 0 Å². The van der Waals surface area contributed by atoms with Crippen molar-refractivity contribution in [2.45, 2.75) is 12.5 Å². The second kappa shape index (κ2) is 10.8. The van der Waals surface area contributed by atoms with Gasteiger partial charge in [-0.25, -0.2) is 4.79 Å². The molecule has 3 aliphatic heterocycles. The van der Waals surface area contributed by atoms with E-state index in [1.54, 1.807) is 23.1 Å². The van der Waals surface area contributed by atoms with Gasteiger partial charge in [-0.3, -0.25) is 14.5 Å². The van der Waals surface area contributed by atoms with Crippen molar-refractivity contribution in [3.63, 3.8) is 0 Å². The Morgan fingerprint density at radius 3 is 2.41 bits per heavy atom. The number of carbonyl (C=O) groups is 3. The molecule has 1 unspecified atom stereocenters. The molecule has 1 atom stereocenters. The van der Waals surface area contributed by atoms with Gasteiger partial charge in [0.25, 0.3) is 5.91 Å². The van der Waals surface area contributed by atoms with Crippen LogP contribution in [0.2, 0.25) is 0 Å². The van der Waals surface area contributed by atoms with Gasteiger partial charge in [-0.1, -0.05) is 36.4 Å². The Labute approximate surface area is 239 Å². The SMILES string of the molecule is COC(=O)c1ccc2c(c1)NC(=O)/C2=C(/Nc1ccc2c(c1)CC(N1CCN(C)CC1)C(=O)N2C)c1ccccc1. The summed E-state index contributed by atoms with van der Waals surface area (Å²) < 4.78 is 4.85. The first-order chi connectivity index (χ1) is 19.8. The van der Waals surface area contributed by atoms with Crippen LogP contribution in [0.5, 0.6) is 0 Å². The molecule has 9 nitrogen and oxygen atoms in total. The molecule has 0 aromatic heterocycles. The van der Waals surface area contributed by atoms with E-state index in [1.165, 1.54) is 7.11 Å². The standard InChI is InChI=1S/C32H33N5O4/c1-35-13-15-37(16-14-35)27-19-22-17-23(10-12-26(22)36(2)31(27)39)33-29(20-7-5-4-6-8-20)28-24-11-9-21(32(40)41-3)18-25(24)34-30(28)38/h4-12,17-18,27,33H,13-16,19H2,1-3H3,(H,34,38)/b29-28+. The number of carbonyl (C=O) groups excluding carboxylic acids is 3. The minimum absolute atomic E-state index is 0.125. The van der Waals surface area contributed by atoms with Crippen molar-refractivity contribution in [3.05, 3.63) is 89.0 Å². The topological polar surface area (TPSA) is 94.2 Å². The molecule has 3 heterocycles. The molecular weight excluding hydrogens is 518 g/mol. The molecule has 2 amide bonds. The Bertz CT molecular complexity index is 1560. The van der Waals surface area contributed by atoms with Crippen LogP contribution in [-0.4, -0.2) is 81.0 Å². The molecule has 0 saturated carbocycles. The Morgan fingerprint density at radius 2 is 1.68 bits per heavy atom. The zero-order valence-corrected chi connectivity index (χ0v) is 23.4. The molecule has 3 aromatic carbocycles. The van der Waals surface area contributed by atoms with Gasteiger partial charge in [-0.2, -0.15) is 0 Å². The number of rotatable bonds is 5. The second-order valence-electron chi connectivity index (χ2n) is 10.7. The second-order valence-corrected chi connectivity index (χ2v) is 10.7. The zero-order chi connectivity index (χ0) is 28.7. The lowest BCUT2D eigenvalue weighted by Gasteiger charge is -2.41. The van der Waals surface area contributed by atoms with E-state index in [4.69, 9.17) is 4.74 Å². The highest BCUT2D eigenvalue weighted by Gasteiger charge is 2.36. The van der Waals surface area contributed by atoms with Crippen LogP contribution in [0.15, 0.2) is 66.7 Å². The number of nitrogens with zero attached hydrogens (tertiary/aromatic N) is 3. The molecule has 1 fully saturated rings. The van der Waals surface area contributed by atoms with Crippen LogP contribution in [0.3, 0.4) is 0 Å². The first-order valence-electron chi connectivity index (χ1n) is 13.8. The maximum atomic E-state index is 13.4. The largest absolute Gasteiger partial charge is 0.465 e. The zero-order valence-electron chi connectivity index (χ0n) is 23.4. The van der Waals surface area contributed by atoms with Gasteiger partial charge in [0, 0.05) is 50.2 Å². The van der Waals surface area contributed by atoms with E-state index >= 15 is 0 Å². The number of amides is 2. The summed E-state index contributed by atoms with van der Waals surface area (Å²) in [6.45, 7) is 3.62. The van der Waals surface area contributed by atoms with Gasteiger partial charge >= 0.3 is 5.97 Å². The van der Waals surface area contributed by atoms with Gasteiger partial charge in [0.15, 0.2) is 0 Å². The number of piperazine rings is 1. The number of likely N-dealkylation sites (N-methyl/N-ethyl adjacent to an activating group) is 2. The molecule has 0 spiro atoms. The predicted octanol–water partition coefficient (Wildman–Crippen LogP) is 3.54. The van der Waals surface area contributed by atoms with Crippen LogP contribution >= 0.6 is 0 Å². The molecule has 0 bridgehead atoms. The number of ether oxygens (including phenoxy) is 1. The molecule has 3 aliphatic rings. The third kappa shape index (κ3) is 4.98. The van der Waals surface area contributed by atoms with Crippen molar-refractivity contribution in [1.29, 1.82) is 0 Å². The Kier molecular flexibility index (Phi) is 7.07. The van der Waals surface area contributed by atoms with Crippen LogP contribution in [0.25, 0.3) is 11.3 Å². The molecular formula is C32H33N5O4. The number of fused-ring (bicyclic) bond motifs is 2.